The maximum Gasteiger partial charge on any atom is 0.387 e. The Morgan fingerprint density at radius 2 is 1.75 bits per heavy atom. The maximum atomic E-state index is 13.1. The highest BCUT2D eigenvalue weighted by Gasteiger charge is 2.16. The topological polar surface area (TPSA) is 38.3 Å². The molecule has 0 aliphatic carbocycles. The molecule has 0 heterocycles. The lowest BCUT2D eigenvalue weighted by atomic mass is 10.1. The Bertz CT molecular complexity index is 747. The summed E-state index contributed by atoms with van der Waals surface area (Å²) in [5.41, 5.74) is -0.237. The van der Waals surface area contributed by atoms with Crippen LogP contribution >= 0.6 is 15.9 Å². The summed E-state index contributed by atoms with van der Waals surface area (Å²) in [5, 5.41) is 2.29. The van der Waals surface area contributed by atoms with Gasteiger partial charge in [0.2, 0.25) is 0 Å². The van der Waals surface area contributed by atoms with Gasteiger partial charge in [0.25, 0.3) is 5.91 Å². The second-order valence-corrected chi connectivity index (χ2v) is 5.48. The summed E-state index contributed by atoms with van der Waals surface area (Å²) < 4.78 is 68.7. The molecule has 9 heteroatoms. The molecule has 3 nitrogen and oxygen atoms in total. The van der Waals surface area contributed by atoms with Gasteiger partial charge in [-0.05, 0) is 30.3 Å². The first-order chi connectivity index (χ1) is 11.3. The summed E-state index contributed by atoms with van der Waals surface area (Å²) in [5.74, 6) is -5.78. The number of ether oxygens (including phenoxy) is 1. The van der Waals surface area contributed by atoms with Crippen molar-refractivity contribution in [2.75, 3.05) is 0 Å². The average molecular weight is 410 g/mol. The third kappa shape index (κ3) is 4.44. The Morgan fingerprint density at radius 1 is 1.12 bits per heavy atom. The van der Waals surface area contributed by atoms with E-state index in [1.165, 1.54) is 18.2 Å². The highest BCUT2D eigenvalue weighted by Crippen LogP contribution is 2.25. The standard InChI is InChI=1S/C15H9BrF5NO2/c16-9-1-2-12(24-15(20)21)8(3-9)6-22-14(23)7-4-10(17)13(19)11(18)5-7/h1-5,15H,6H2,(H,22,23). The Hall–Kier alpha value is -2.16. The zero-order valence-corrected chi connectivity index (χ0v) is 13.3. The van der Waals surface area contributed by atoms with Crippen molar-refractivity contribution >= 4 is 21.8 Å². The van der Waals surface area contributed by atoms with Crippen molar-refractivity contribution in [1.29, 1.82) is 0 Å². The quantitative estimate of drug-likeness (QED) is 0.587. The van der Waals surface area contributed by atoms with Gasteiger partial charge in [-0.25, -0.2) is 13.2 Å². The van der Waals surface area contributed by atoms with Gasteiger partial charge in [-0.3, -0.25) is 4.79 Å². The van der Waals surface area contributed by atoms with Gasteiger partial charge in [-0.2, -0.15) is 8.78 Å². The Kier molecular flexibility index (Phi) is 5.76. The summed E-state index contributed by atoms with van der Waals surface area (Å²) in [6.45, 7) is -3.30. The third-order valence-corrected chi connectivity index (χ3v) is 3.42. The van der Waals surface area contributed by atoms with Crippen LogP contribution in [-0.4, -0.2) is 12.5 Å². The van der Waals surface area contributed by atoms with E-state index in [4.69, 9.17) is 0 Å². The number of nitrogens with one attached hydrogen (secondary N) is 1. The molecule has 0 unspecified atom stereocenters. The van der Waals surface area contributed by atoms with E-state index in [2.05, 4.69) is 26.0 Å². The lowest BCUT2D eigenvalue weighted by Gasteiger charge is -2.12. The lowest BCUT2D eigenvalue weighted by molar-refractivity contribution is -0.0504. The first kappa shape index (κ1) is 18.2. The molecule has 0 aliphatic heterocycles. The van der Waals surface area contributed by atoms with Crippen LogP contribution in [0.4, 0.5) is 22.0 Å². The molecule has 2 aromatic rings. The first-order valence-corrected chi connectivity index (χ1v) is 7.23. The fraction of sp³-hybridized carbons (Fsp3) is 0.133. The third-order valence-electron chi connectivity index (χ3n) is 2.92. The predicted molar refractivity (Wildman–Crippen MR) is 78.3 cm³/mol. The molecule has 1 N–H and O–H groups in total. The van der Waals surface area contributed by atoms with Gasteiger partial charge < -0.3 is 10.1 Å². The van der Waals surface area contributed by atoms with Crippen LogP contribution in [-0.2, 0) is 6.54 Å². The molecule has 2 aromatic carbocycles. The van der Waals surface area contributed by atoms with Crippen LogP contribution in [0.25, 0.3) is 0 Å². The van der Waals surface area contributed by atoms with Crippen LogP contribution in [0.5, 0.6) is 5.75 Å². The number of carbonyl (C=O) groups excluding carboxylic acids is 1. The molecule has 0 radical (unpaired) electrons. The van der Waals surface area contributed by atoms with Gasteiger partial charge in [0.05, 0.1) is 0 Å². The van der Waals surface area contributed by atoms with E-state index in [-0.39, 0.29) is 17.9 Å². The Balaban J connectivity index is 2.16. The number of rotatable bonds is 5. The van der Waals surface area contributed by atoms with E-state index >= 15 is 0 Å². The summed E-state index contributed by atoms with van der Waals surface area (Å²) in [4.78, 5) is 11.9. The van der Waals surface area contributed by atoms with E-state index in [1.807, 2.05) is 0 Å². The minimum atomic E-state index is -3.05. The highest BCUT2D eigenvalue weighted by molar-refractivity contribution is 9.10. The molecular weight excluding hydrogens is 401 g/mol. The number of hydrogen-bond donors (Lipinski definition) is 1. The molecule has 24 heavy (non-hydrogen) atoms. The Labute approximate surface area is 141 Å². The highest BCUT2D eigenvalue weighted by atomic mass is 79.9. The van der Waals surface area contributed by atoms with E-state index in [9.17, 15) is 26.7 Å². The normalized spacial score (nSPS) is 10.8. The second kappa shape index (κ2) is 7.61. The molecule has 0 aliphatic rings. The van der Waals surface area contributed by atoms with Gasteiger partial charge in [-0.1, -0.05) is 15.9 Å². The molecule has 0 saturated carbocycles. The van der Waals surface area contributed by atoms with Crippen LogP contribution in [0, 0.1) is 17.5 Å². The minimum Gasteiger partial charge on any atom is -0.434 e. The fourth-order valence-corrected chi connectivity index (χ4v) is 2.27. The predicted octanol–water partition coefficient (Wildman–Crippen LogP) is 4.40. The molecule has 0 saturated heterocycles. The van der Waals surface area contributed by atoms with Gasteiger partial charge in [0.15, 0.2) is 17.5 Å². The number of amides is 1. The van der Waals surface area contributed by atoms with Crippen LogP contribution in [0.3, 0.4) is 0 Å². The van der Waals surface area contributed by atoms with Crippen LogP contribution in [0.2, 0.25) is 0 Å². The molecule has 0 aromatic heterocycles. The molecule has 0 bridgehead atoms. The van der Waals surface area contributed by atoms with Crippen molar-refractivity contribution in [1.82, 2.24) is 5.32 Å². The zero-order valence-electron chi connectivity index (χ0n) is 11.8. The van der Waals surface area contributed by atoms with Gasteiger partial charge >= 0.3 is 6.61 Å². The molecule has 0 atom stereocenters. The minimum absolute atomic E-state index is 0.162. The van der Waals surface area contributed by atoms with Gasteiger partial charge in [0, 0.05) is 22.1 Å². The SMILES string of the molecule is O=C(NCc1cc(Br)ccc1OC(F)F)c1cc(F)c(F)c(F)c1. The fourth-order valence-electron chi connectivity index (χ4n) is 1.86. The van der Waals surface area contributed by atoms with E-state index in [0.717, 1.165) is 0 Å². The largest absolute Gasteiger partial charge is 0.434 e. The van der Waals surface area contributed by atoms with Crippen molar-refractivity contribution in [3.8, 4) is 5.75 Å². The maximum absolute atomic E-state index is 13.1. The van der Waals surface area contributed by atoms with Crippen LogP contribution in [0.15, 0.2) is 34.8 Å². The molecule has 2 rings (SSSR count). The number of halogens is 6. The van der Waals surface area contributed by atoms with Crippen molar-refractivity contribution < 1.29 is 31.5 Å². The molecule has 0 fully saturated rings. The molecule has 1 amide bonds. The number of benzene rings is 2. The average Bonchev–Trinajstić information content (AvgIpc) is 2.51. The molecular formula is C15H9BrF5NO2. The number of hydrogen-bond acceptors (Lipinski definition) is 2. The monoisotopic (exact) mass is 409 g/mol. The van der Waals surface area contributed by atoms with Crippen LogP contribution in [0.1, 0.15) is 15.9 Å². The number of carbonyl (C=O) groups is 1. The van der Waals surface area contributed by atoms with Gasteiger partial charge in [-0.15, -0.1) is 0 Å². The van der Waals surface area contributed by atoms with Crippen molar-refractivity contribution in [3.05, 3.63) is 63.4 Å². The summed E-state index contributed by atoms with van der Waals surface area (Å²) in [6.07, 6.45) is 0. The summed E-state index contributed by atoms with van der Waals surface area (Å²) >= 11 is 3.14. The second-order valence-electron chi connectivity index (χ2n) is 4.57. The van der Waals surface area contributed by atoms with E-state index in [0.29, 0.717) is 16.6 Å². The van der Waals surface area contributed by atoms with E-state index < -0.39 is 35.5 Å². The van der Waals surface area contributed by atoms with Crippen molar-refractivity contribution in [2.45, 2.75) is 13.2 Å². The molecule has 0 spiro atoms. The van der Waals surface area contributed by atoms with Crippen LogP contribution < -0.4 is 10.1 Å². The Morgan fingerprint density at radius 3 is 2.33 bits per heavy atom. The van der Waals surface area contributed by atoms with Gasteiger partial charge in [0.1, 0.15) is 5.75 Å². The zero-order chi connectivity index (χ0) is 17.9. The van der Waals surface area contributed by atoms with E-state index in [1.54, 1.807) is 0 Å². The summed E-state index contributed by atoms with van der Waals surface area (Å²) in [7, 11) is 0. The smallest absolute Gasteiger partial charge is 0.387 e. The lowest BCUT2D eigenvalue weighted by Crippen LogP contribution is -2.24. The van der Waals surface area contributed by atoms with Crippen molar-refractivity contribution in [2.24, 2.45) is 0 Å². The number of alkyl halides is 2. The first-order valence-electron chi connectivity index (χ1n) is 6.44. The van der Waals surface area contributed by atoms with Crippen molar-refractivity contribution in [3.63, 3.8) is 0 Å². The summed E-state index contributed by atoms with van der Waals surface area (Å²) in [6, 6.07) is 5.24. The molecule has 128 valence electrons.